The molecule has 2 heterocycles. The van der Waals surface area contributed by atoms with Crippen molar-refractivity contribution in [3.8, 4) is 5.75 Å². The van der Waals surface area contributed by atoms with Gasteiger partial charge in [0.2, 0.25) is 10.0 Å². The van der Waals surface area contributed by atoms with Crippen molar-refractivity contribution in [2.24, 2.45) is 0 Å². The summed E-state index contributed by atoms with van der Waals surface area (Å²) in [5.74, 6) is 0.261. The van der Waals surface area contributed by atoms with Gasteiger partial charge in [0, 0.05) is 43.5 Å². The van der Waals surface area contributed by atoms with Gasteiger partial charge in [0.15, 0.2) is 5.13 Å². The minimum atomic E-state index is -3.78. The summed E-state index contributed by atoms with van der Waals surface area (Å²) in [7, 11) is -2.13. The number of anilines is 1. The Kier molecular flexibility index (Phi) is 6.47. The van der Waals surface area contributed by atoms with Gasteiger partial charge in [-0.25, -0.2) is 17.8 Å². The summed E-state index contributed by atoms with van der Waals surface area (Å²) < 4.78 is 45.9. The molecule has 0 atom stereocenters. The van der Waals surface area contributed by atoms with Crippen LogP contribution in [-0.2, 0) is 16.4 Å². The van der Waals surface area contributed by atoms with Crippen molar-refractivity contribution in [2.75, 3.05) is 38.2 Å². The van der Waals surface area contributed by atoms with E-state index in [0.717, 1.165) is 34.3 Å². The molecule has 10 heteroatoms. The number of aromatic nitrogens is 1. The van der Waals surface area contributed by atoms with Gasteiger partial charge >= 0.3 is 0 Å². The molecule has 1 fully saturated rings. The summed E-state index contributed by atoms with van der Waals surface area (Å²) in [5, 5.41) is 2.77. The fourth-order valence-electron chi connectivity index (χ4n) is 3.51. The molecular formula is C21H21ClFN3O3S2. The minimum absolute atomic E-state index is 0.0719. The number of hydrogen-bond acceptors (Lipinski definition) is 6. The molecule has 1 aliphatic heterocycles. The number of rotatable bonds is 6. The van der Waals surface area contributed by atoms with E-state index in [1.54, 1.807) is 18.4 Å². The third kappa shape index (κ3) is 4.69. The highest BCUT2D eigenvalue weighted by atomic mass is 35.5. The Bertz CT molecular complexity index is 1180. The van der Waals surface area contributed by atoms with Crippen LogP contribution in [0.3, 0.4) is 0 Å². The Morgan fingerprint density at radius 3 is 2.61 bits per heavy atom. The molecule has 6 nitrogen and oxygen atoms in total. The predicted octanol–water partition coefficient (Wildman–Crippen LogP) is 4.05. The second kappa shape index (κ2) is 9.12. The molecule has 164 valence electrons. The van der Waals surface area contributed by atoms with Gasteiger partial charge < -0.3 is 9.64 Å². The van der Waals surface area contributed by atoms with Gasteiger partial charge in [-0.3, -0.25) is 0 Å². The summed E-state index contributed by atoms with van der Waals surface area (Å²) in [6.45, 7) is 1.63. The molecule has 3 aromatic rings. The van der Waals surface area contributed by atoms with Crippen molar-refractivity contribution in [1.82, 2.24) is 9.29 Å². The number of nitrogens with zero attached hydrogens (tertiary/aromatic N) is 3. The molecule has 1 saturated heterocycles. The first-order chi connectivity index (χ1) is 14.9. The zero-order valence-corrected chi connectivity index (χ0v) is 19.2. The fourth-order valence-corrected chi connectivity index (χ4v) is 6.32. The average Bonchev–Trinajstić information content (AvgIpc) is 3.22. The molecule has 2 aromatic carbocycles. The van der Waals surface area contributed by atoms with Crippen LogP contribution in [0.25, 0.3) is 0 Å². The van der Waals surface area contributed by atoms with Gasteiger partial charge in [0.05, 0.1) is 17.8 Å². The normalized spacial score (nSPS) is 15.3. The van der Waals surface area contributed by atoms with Gasteiger partial charge in [-0.2, -0.15) is 4.31 Å². The van der Waals surface area contributed by atoms with Crippen molar-refractivity contribution < 1.29 is 17.5 Å². The molecule has 0 aliphatic carbocycles. The number of halogens is 2. The number of piperazine rings is 1. The second-order valence-corrected chi connectivity index (χ2v) is 10.2. The van der Waals surface area contributed by atoms with E-state index in [0.29, 0.717) is 32.6 Å². The van der Waals surface area contributed by atoms with E-state index in [-0.39, 0.29) is 9.92 Å². The number of sulfonamides is 1. The van der Waals surface area contributed by atoms with Crippen molar-refractivity contribution in [2.45, 2.75) is 11.3 Å². The van der Waals surface area contributed by atoms with Crippen LogP contribution in [0.2, 0.25) is 5.02 Å². The molecule has 4 rings (SSSR count). The van der Waals surface area contributed by atoms with Crippen LogP contribution < -0.4 is 9.64 Å². The lowest BCUT2D eigenvalue weighted by Crippen LogP contribution is -2.48. The lowest BCUT2D eigenvalue weighted by atomic mass is 10.1. The second-order valence-electron chi connectivity index (χ2n) is 7.08. The van der Waals surface area contributed by atoms with Crippen molar-refractivity contribution in [3.63, 3.8) is 0 Å². The van der Waals surface area contributed by atoms with Crippen LogP contribution >= 0.6 is 22.9 Å². The smallest absolute Gasteiger partial charge is 0.244 e. The number of methoxy groups -OCH3 is 1. The lowest BCUT2D eigenvalue weighted by molar-refractivity contribution is 0.384. The third-order valence-corrected chi connectivity index (χ3v) is 8.46. The predicted molar refractivity (Wildman–Crippen MR) is 120 cm³/mol. The topological polar surface area (TPSA) is 62.7 Å². The Hall–Kier alpha value is -2.20. The molecule has 1 aliphatic rings. The molecular weight excluding hydrogens is 461 g/mol. The fraction of sp³-hybridized carbons (Fsp3) is 0.286. The quantitative estimate of drug-likeness (QED) is 0.531. The van der Waals surface area contributed by atoms with Crippen molar-refractivity contribution in [3.05, 3.63) is 69.9 Å². The highest BCUT2D eigenvalue weighted by Gasteiger charge is 2.31. The van der Waals surface area contributed by atoms with E-state index >= 15 is 0 Å². The van der Waals surface area contributed by atoms with Gasteiger partial charge in [-0.1, -0.05) is 29.8 Å². The van der Waals surface area contributed by atoms with Crippen molar-refractivity contribution >= 4 is 38.1 Å². The van der Waals surface area contributed by atoms with Crippen LogP contribution in [0.4, 0.5) is 9.52 Å². The Labute approximate surface area is 189 Å². The molecule has 1 aromatic heterocycles. The molecule has 0 spiro atoms. The van der Waals surface area contributed by atoms with Crippen LogP contribution in [0.1, 0.15) is 11.3 Å². The molecule has 0 bridgehead atoms. The zero-order valence-electron chi connectivity index (χ0n) is 16.8. The highest BCUT2D eigenvalue weighted by Crippen LogP contribution is 2.29. The summed E-state index contributed by atoms with van der Waals surface area (Å²) in [6.07, 6.45) is 0.665. The largest absolute Gasteiger partial charge is 0.496 e. The van der Waals surface area contributed by atoms with Crippen molar-refractivity contribution in [1.29, 1.82) is 0 Å². The van der Waals surface area contributed by atoms with Gasteiger partial charge in [0.25, 0.3) is 0 Å². The summed E-state index contributed by atoms with van der Waals surface area (Å²) >= 11 is 7.52. The molecule has 0 saturated carbocycles. The molecule has 31 heavy (non-hydrogen) atoms. The first-order valence-electron chi connectivity index (χ1n) is 9.65. The van der Waals surface area contributed by atoms with E-state index in [1.165, 1.54) is 10.4 Å². The maximum absolute atomic E-state index is 13.3. The summed E-state index contributed by atoms with van der Waals surface area (Å²) in [5.41, 5.74) is 2.01. The van der Waals surface area contributed by atoms with Gasteiger partial charge in [-0.05, 0) is 24.3 Å². The number of ether oxygens (including phenoxy) is 1. The number of para-hydroxylation sites is 1. The SMILES string of the molecule is COc1ccccc1Cc1csc(N2CCN(S(=O)(=O)c3ccc(F)cc3Cl)CC2)n1. The summed E-state index contributed by atoms with van der Waals surface area (Å²) in [6, 6.07) is 11.2. The van der Waals surface area contributed by atoms with E-state index < -0.39 is 15.8 Å². The lowest BCUT2D eigenvalue weighted by Gasteiger charge is -2.33. The standard InChI is InChI=1S/C21H21ClFN3O3S2/c1-29-19-5-3-2-4-15(19)12-17-14-30-21(24-17)25-8-10-26(11-9-25)31(27,28)20-7-6-16(23)13-18(20)22/h2-7,13-14H,8-12H2,1H3. The zero-order chi connectivity index (χ0) is 22.0. The van der Waals surface area contributed by atoms with Crippen LogP contribution in [0.15, 0.2) is 52.7 Å². The maximum atomic E-state index is 13.3. The number of benzene rings is 2. The highest BCUT2D eigenvalue weighted by molar-refractivity contribution is 7.89. The first-order valence-corrected chi connectivity index (χ1v) is 12.3. The monoisotopic (exact) mass is 481 g/mol. The van der Waals surface area contributed by atoms with E-state index in [2.05, 4.69) is 4.90 Å². The Balaban J connectivity index is 1.42. The molecule has 0 unspecified atom stereocenters. The minimum Gasteiger partial charge on any atom is -0.496 e. The summed E-state index contributed by atoms with van der Waals surface area (Å²) in [4.78, 5) is 6.74. The van der Waals surface area contributed by atoms with Gasteiger partial charge in [-0.15, -0.1) is 11.3 Å². The maximum Gasteiger partial charge on any atom is 0.244 e. The molecule has 0 radical (unpaired) electrons. The Morgan fingerprint density at radius 1 is 1.16 bits per heavy atom. The molecule has 0 amide bonds. The Morgan fingerprint density at radius 2 is 1.90 bits per heavy atom. The third-order valence-electron chi connectivity index (χ3n) is 5.12. The van der Waals surface area contributed by atoms with Crippen LogP contribution in [0, 0.1) is 5.82 Å². The van der Waals surface area contributed by atoms with Gasteiger partial charge in [0.1, 0.15) is 16.5 Å². The van der Waals surface area contributed by atoms with Crippen LogP contribution in [-0.4, -0.2) is 51.0 Å². The first kappa shape index (κ1) is 22.0. The molecule has 0 N–H and O–H groups in total. The van der Waals surface area contributed by atoms with E-state index in [1.807, 2.05) is 29.6 Å². The number of thiazole rings is 1. The van der Waals surface area contributed by atoms with E-state index in [4.69, 9.17) is 21.3 Å². The van der Waals surface area contributed by atoms with E-state index in [9.17, 15) is 12.8 Å². The van der Waals surface area contributed by atoms with Crippen LogP contribution in [0.5, 0.6) is 5.75 Å². The average molecular weight is 482 g/mol. The number of hydrogen-bond donors (Lipinski definition) is 0.